The Balaban J connectivity index is 1.21. The SMILES string of the molecule is CN(C)C(=O)[C@H]1CCN1C(=O)Oc1cc2c3c(c(F)ccc3c1)CCCOC(=O)N(C)[C@]1(C)C[C@@H](F)CN(C1)c1nc(OC[C@@]34CCCN3C[C@H](F)C4)nc3c(F)c-2ncc13. The Morgan fingerprint density at radius 1 is 1.05 bits per heavy atom. The predicted octanol–water partition coefficient (Wildman–Crippen LogP) is 6.06. The summed E-state index contributed by atoms with van der Waals surface area (Å²) in [6.45, 7) is 2.91. The van der Waals surface area contributed by atoms with Crippen LogP contribution in [0.3, 0.4) is 0 Å². The number of alkyl halides is 2. The number of likely N-dealkylation sites (tertiary alicyclic amines) is 1. The number of hydrogen-bond donors (Lipinski definition) is 0. The van der Waals surface area contributed by atoms with Crippen LogP contribution in [0.1, 0.15) is 51.0 Å². The van der Waals surface area contributed by atoms with E-state index in [0.717, 1.165) is 13.0 Å². The summed E-state index contributed by atoms with van der Waals surface area (Å²) in [5.74, 6) is -1.67. The Morgan fingerprint density at radius 3 is 2.62 bits per heavy atom. The van der Waals surface area contributed by atoms with Gasteiger partial charge in [0.05, 0.1) is 29.6 Å². The van der Waals surface area contributed by atoms with Crippen molar-refractivity contribution in [1.29, 1.82) is 0 Å². The lowest BCUT2D eigenvalue weighted by Gasteiger charge is -2.47. The van der Waals surface area contributed by atoms with E-state index in [9.17, 15) is 18.8 Å². The van der Waals surface area contributed by atoms with Crippen LogP contribution in [-0.4, -0.2) is 149 Å². The molecular formula is C43H48F4N8O6. The highest BCUT2D eigenvalue weighted by Crippen LogP contribution is 2.43. The maximum atomic E-state index is 17.6. The van der Waals surface area contributed by atoms with E-state index in [1.807, 2.05) is 0 Å². The van der Waals surface area contributed by atoms with Crippen LogP contribution in [0.5, 0.6) is 11.8 Å². The fourth-order valence-corrected chi connectivity index (χ4v) is 9.91. The Bertz CT molecular complexity index is 2440. The van der Waals surface area contributed by atoms with Gasteiger partial charge in [0.25, 0.3) is 0 Å². The number of ether oxygens (including phenoxy) is 3. The number of aryl methyl sites for hydroxylation is 1. The van der Waals surface area contributed by atoms with E-state index < -0.39 is 53.3 Å². The molecule has 6 aliphatic heterocycles. The summed E-state index contributed by atoms with van der Waals surface area (Å²) >= 11 is 0. The third-order valence-electron chi connectivity index (χ3n) is 13.2. The molecule has 4 fully saturated rings. The summed E-state index contributed by atoms with van der Waals surface area (Å²) in [5.41, 5.74) is -1.90. The zero-order chi connectivity index (χ0) is 43.0. The average Bonchev–Trinajstić information content (AvgIpc) is 3.73. The Morgan fingerprint density at radius 2 is 1.85 bits per heavy atom. The van der Waals surface area contributed by atoms with E-state index in [1.165, 1.54) is 52.2 Å². The number of likely N-dealkylation sites (N-methyl/N-ethyl adjacent to an activating group) is 2. The molecule has 5 atom stereocenters. The molecule has 4 saturated heterocycles. The maximum Gasteiger partial charge on any atom is 0.415 e. The lowest BCUT2D eigenvalue weighted by molar-refractivity contribution is -0.137. The number of piperidine rings is 1. The second-order valence-electron chi connectivity index (χ2n) is 17.5. The molecular weight excluding hydrogens is 801 g/mol. The van der Waals surface area contributed by atoms with E-state index in [0.29, 0.717) is 24.8 Å². The van der Waals surface area contributed by atoms with Crippen LogP contribution >= 0.6 is 0 Å². The van der Waals surface area contributed by atoms with Crippen LogP contribution in [0.15, 0.2) is 30.5 Å². The summed E-state index contributed by atoms with van der Waals surface area (Å²) in [6, 6.07) is 4.75. The summed E-state index contributed by atoms with van der Waals surface area (Å²) in [6.07, 6.45) is -0.0573. The molecule has 0 spiro atoms. The third-order valence-corrected chi connectivity index (χ3v) is 13.2. The number of benzene rings is 2. The maximum absolute atomic E-state index is 17.6. The molecule has 61 heavy (non-hydrogen) atoms. The smallest absolute Gasteiger partial charge is 0.415 e. The Kier molecular flexibility index (Phi) is 10.3. The van der Waals surface area contributed by atoms with Crippen LogP contribution in [0.25, 0.3) is 32.9 Å². The van der Waals surface area contributed by atoms with Crippen LogP contribution in [-0.2, 0) is 16.0 Å². The molecule has 0 N–H and O–H groups in total. The number of carbonyl (C=O) groups is 3. The summed E-state index contributed by atoms with van der Waals surface area (Å²) in [4.78, 5) is 61.4. The first-order chi connectivity index (χ1) is 29.1. The van der Waals surface area contributed by atoms with Gasteiger partial charge in [-0.05, 0) is 80.1 Å². The van der Waals surface area contributed by atoms with Crippen molar-refractivity contribution in [2.75, 3.05) is 72.0 Å². The number of hydrogen-bond acceptors (Lipinski definition) is 11. The number of carbonyl (C=O) groups excluding carboxylic acids is 3. The van der Waals surface area contributed by atoms with Crippen molar-refractivity contribution in [3.63, 3.8) is 0 Å². The molecule has 6 aliphatic rings. The van der Waals surface area contributed by atoms with Gasteiger partial charge in [-0.15, -0.1) is 0 Å². The lowest BCUT2D eigenvalue weighted by Crippen LogP contribution is -2.60. The molecule has 0 unspecified atom stereocenters. The first-order valence-corrected chi connectivity index (χ1v) is 20.8. The topological polar surface area (TPSA) is 134 Å². The number of fused-ring (bicyclic) bond motifs is 7. The average molecular weight is 849 g/mol. The summed E-state index contributed by atoms with van der Waals surface area (Å²) in [5, 5.41) is 0.801. The molecule has 0 saturated carbocycles. The fraction of sp³-hybridized carbons (Fsp3) is 0.535. The number of halogens is 4. The second kappa shape index (κ2) is 15.4. The first kappa shape index (κ1) is 40.9. The fourth-order valence-electron chi connectivity index (χ4n) is 9.91. The van der Waals surface area contributed by atoms with Crippen molar-refractivity contribution >= 4 is 45.6 Å². The number of nitrogens with zero attached hydrogens (tertiary/aromatic N) is 8. The van der Waals surface area contributed by atoms with E-state index in [-0.39, 0.29) is 115 Å². The number of amides is 3. The molecule has 3 amide bonds. The van der Waals surface area contributed by atoms with Gasteiger partial charge in [0, 0.05) is 65.4 Å². The number of pyridine rings is 1. The highest BCUT2D eigenvalue weighted by Gasteiger charge is 2.50. The normalized spacial score (nSPS) is 26.7. The van der Waals surface area contributed by atoms with E-state index >= 15 is 13.2 Å². The van der Waals surface area contributed by atoms with Gasteiger partial charge in [-0.1, -0.05) is 6.07 Å². The molecule has 14 nitrogen and oxygen atoms in total. The monoisotopic (exact) mass is 848 g/mol. The van der Waals surface area contributed by atoms with Gasteiger partial charge in [-0.25, -0.2) is 27.2 Å². The molecule has 6 bridgehead atoms. The molecule has 0 aliphatic carbocycles. The quantitative estimate of drug-likeness (QED) is 0.217. The minimum Gasteiger partial charge on any atom is -0.461 e. The zero-order valence-electron chi connectivity index (χ0n) is 34.6. The molecule has 4 aromatic rings. The van der Waals surface area contributed by atoms with Crippen molar-refractivity contribution in [2.24, 2.45) is 0 Å². The summed E-state index contributed by atoms with van der Waals surface area (Å²) in [7, 11) is 4.73. The van der Waals surface area contributed by atoms with Gasteiger partial charge in [-0.2, -0.15) is 9.97 Å². The van der Waals surface area contributed by atoms with Crippen molar-refractivity contribution < 1.29 is 46.2 Å². The van der Waals surface area contributed by atoms with Crippen LogP contribution in [0.4, 0.5) is 33.0 Å². The van der Waals surface area contributed by atoms with Gasteiger partial charge in [0.2, 0.25) is 5.91 Å². The summed E-state index contributed by atoms with van der Waals surface area (Å²) < 4.78 is 82.0. The zero-order valence-corrected chi connectivity index (χ0v) is 34.6. The van der Waals surface area contributed by atoms with E-state index in [1.54, 1.807) is 25.9 Å². The van der Waals surface area contributed by atoms with Crippen molar-refractivity contribution in [3.8, 4) is 23.0 Å². The highest BCUT2D eigenvalue weighted by atomic mass is 19.1. The van der Waals surface area contributed by atoms with Crippen LogP contribution in [0.2, 0.25) is 0 Å². The minimum atomic E-state index is -1.43. The first-order valence-electron chi connectivity index (χ1n) is 20.8. The highest BCUT2D eigenvalue weighted by molar-refractivity contribution is 6.02. The molecule has 0 radical (unpaired) electrons. The number of rotatable bonds is 5. The predicted molar refractivity (Wildman–Crippen MR) is 216 cm³/mol. The number of aromatic nitrogens is 3. The van der Waals surface area contributed by atoms with E-state index in [4.69, 9.17) is 19.2 Å². The third kappa shape index (κ3) is 7.19. The van der Waals surface area contributed by atoms with Gasteiger partial charge in [0.1, 0.15) is 53.6 Å². The van der Waals surface area contributed by atoms with Gasteiger partial charge < -0.3 is 28.9 Å². The molecule has 18 heteroatoms. The molecule has 324 valence electrons. The molecule has 2 aromatic heterocycles. The number of anilines is 1. The largest absolute Gasteiger partial charge is 0.461 e. The second-order valence-corrected chi connectivity index (χ2v) is 17.5. The molecule has 10 rings (SSSR count). The lowest BCUT2D eigenvalue weighted by atomic mass is 9.88. The van der Waals surface area contributed by atoms with Gasteiger partial charge >= 0.3 is 18.2 Å². The Labute approximate surface area is 349 Å². The van der Waals surface area contributed by atoms with Crippen LogP contribution < -0.4 is 14.4 Å². The van der Waals surface area contributed by atoms with E-state index in [2.05, 4.69) is 14.9 Å². The van der Waals surface area contributed by atoms with Gasteiger partial charge in [0.15, 0.2) is 5.82 Å². The molecule has 2 aromatic carbocycles. The van der Waals surface area contributed by atoms with Gasteiger partial charge in [-0.3, -0.25) is 19.6 Å². The Hall–Kier alpha value is -5.52. The minimum absolute atomic E-state index is 0.00532. The van der Waals surface area contributed by atoms with Crippen molar-refractivity contribution in [1.82, 2.24) is 34.6 Å². The standard InChI is InChI=1S/C43H48F4N8O6/c1-42-17-25(44)20-53(22-42)37-30-19-48-35(34(47)36(30)49-39(50-37)60-23-43-11-6-12-54(43)21-26(45)18-43)29-16-27(61-41(58)55-13-10-32(55)38(56)51(2)3)15-24-8-9-31(46)28(33(24)29)7-5-14-59-40(57)52(42)4/h8-9,15-16,19,25-26,32H,5-7,10-14,17-18,20-23H2,1-4H3/t25-,26-,32-,42-,43+/m1/s1. The van der Waals surface area contributed by atoms with Crippen LogP contribution in [0, 0.1) is 11.6 Å². The van der Waals surface area contributed by atoms with Crippen molar-refractivity contribution in [2.45, 2.75) is 81.3 Å². The van der Waals surface area contributed by atoms with Crippen molar-refractivity contribution in [3.05, 3.63) is 47.7 Å². The molecule has 8 heterocycles.